The monoisotopic (exact) mass is 371 g/mol. The molecule has 1 saturated heterocycles. The van der Waals surface area contributed by atoms with E-state index in [2.05, 4.69) is 40.8 Å². The van der Waals surface area contributed by atoms with Crippen molar-refractivity contribution in [3.8, 4) is 0 Å². The lowest BCUT2D eigenvalue weighted by molar-refractivity contribution is 0.408. The number of rotatable bonds is 4. The van der Waals surface area contributed by atoms with Gasteiger partial charge in [0.1, 0.15) is 0 Å². The van der Waals surface area contributed by atoms with Crippen LogP contribution in [0.4, 0.5) is 0 Å². The van der Waals surface area contributed by atoms with Crippen LogP contribution in [0, 0.1) is 0 Å². The fraction of sp³-hybridized carbons (Fsp3) is 0.917. The quantitative estimate of drug-likeness (QED) is 0.357. The smallest absolute Gasteiger partial charge is 0.193 e. The van der Waals surface area contributed by atoms with Crippen LogP contribution in [0.3, 0.4) is 0 Å². The normalized spacial score (nSPS) is 21.0. The van der Waals surface area contributed by atoms with Gasteiger partial charge in [0.2, 0.25) is 0 Å². The van der Waals surface area contributed by atoms with Crippen LogP contribution in [-0.2, 0) is 0 Å². The molecule has 1 fully saturated rings. The van der Waals surface area contributed by atoms with E-state index in [1.807, 2.05) is 7.05 Å². The average molecular weight is 371 g/mol. The van der Waals surface area contributed by atoms with Gasteiger partial charge in [0.15, 0.2) is 5.96 Å². The highest BCUT2D eigenvalue weighted by molar-refractivity contribution is 14.0. The number of halogens is 1. The number of guanidine groups is 1. The van der Waals surface area contributed by atoms with E-state index in [0.29, 0.717) is 0 Å². The number of nitrogens with one attached hydrogen (secondary N) is 1. The zero-order valence-electron chi connectivity index (χ0n) is 11.2. The highest BCUT2D eigenvalue weighted by Gasteiger charge is 2.20. The first-order valence-electron chi connectivity index (χ1n) is 6.39. The van der Waals surface area contributed by atoms with Gasteiger partial charge in [-0.1, -0.05) is 20.3 Å². The summed E-state index contributed by atoms with van der Waals surface area (Å²) in [5, 5.41) is 4.23. The van der Waals surface area contributed by atoms with Crippen LogP contribution in [-0.4, -0.2) is 48.5 Å². The molecule has 1 atom stereocenters. The van der Waals surface area contributed by atoms with Crippen LogP contribution >= 0.6 is 35.7 Å². The van der Waals surface area contributed by atoms with Crippen molar-refractivity contribution >= 4 is 41.7 Å². The second-order valence-corrected chi connectivity index (χ2v) is 5.58. The van der Waals surface area contributed by atoms with E-state index >= 15 is 0 Å². The predicted octanol–water partition coefficient (Wildman–Crippen LogP) is 2.81. The largest absolute Gasteiger partial charge is 0.356 e. The first-order valence-corrected chi connectivity index (χ1v) is 7.43. The number of hydrogen-bond acceptors (Lipinski definition) is 2. The van der Waals surface area contributed by atoms with Gasteiger partial charge in [-0.05, 0) is 12.8 Å². The summed E-state index contributed by atoms with van der Waals surface area (Å²) < 4.78 is 0. The molecule has 1 aliphatic heterocycles. The zero-order valence-corrected chi connectivity index (χ0v) is 14.4. The third-order valence-electron chi connectivity index (χ3n) is 2.92. The Morgan fingerprint density at radius 1 is 1.47 bits per heavy atom. The summed E-state index contributed by atoms with van der Waals surface area (Å²) >= 11 is 2.10. The average Bonchev–Trinajstić information content (AvgIpc) is 2.35. The van der Waals surface area contributed by atoms with Crippen LogP contribution in [0.1, 0.15) is 33.1 Å². The lowest BCUT2D eigenvalue weighted by Crippen LogP contribution is -2.48. The van der Waals surface area contributed by atoms with Crippen LogP contribution < -0.4 is 5.32 Å². The minimum atomic E-state index is 0. The Morgan fingerprint density at radius 3 is 2.82 bits per heavy atom. The first kappa shape index (κ1) is 17.4. The van der Waals surface area contributed by atoms with Gasteiger partial charge >= 0.3 is 0 Å². The number of thioether (sulfide) groups is 1. The lowest BCUT2D eigenvalue weighted by Gasteiger charge is -2.34. The van der Waals surface area contributed by atoms with Crippen molar-refractivity contribution in [3.05, 3.63) is 0 Å². The Bertz CT molecular complexity index is 224. The summed E-state index contributed by atoms with van der Waals surface area (Å²) in [7, 11) is 1.89. The molecule has 17 heavy (non-hydrogen) atoms. The molecule has 0 amide bonds. The van der Waals surface area contributed by atoms with Gasteiger partial charge in [0.05, 0.1) is 0 Å². The second-order valence-electron chi connectivity index (χ2n) is 4.17. The molecule has 0 aromatic heterocycles. The summed E-state index contributed by atoms with van der Waals surface area (Å²) in [6, 6.07) is 0. The second kappa shape index (κ2) is 10.3. The van der Waals surface area contributed by atoms with Crippen molar-refractivity contribution in [2.24, 2.45) is 4.99 Å². The standard InChI is InChI=1S/C12H25N3S.HI/c1-4-6-7-14-12(13-3)15-8-9-16-11(5-2)10-15;/h11H,4-10H2,1-3H3,(H,13,14);1H. The van der Waals surface area contributed by atoms with E-state index in [9.17, 15) is 0 Å². The summed E-state index contributed by atoms with van der Waals surface area (Å²) in [4.78, 5) is 6.78. The molecule has 1 aliphatic rings. The van der Waals surface area contributed by atoms with Crippen molar-refractivity contribution in [3.63, 3.8) is 0 Å². The molecule has 0 aromatic carbocycles. The van der Waals surface area contributed by atoms with E-state index in [4.69, 9.17) is 0 Å². The van der Waals surface area contributed by atoms with Gasteiger partial charge in [-0.2, -0.15) is 11.8 Å². The van der Waals surface area contributed by atoms with E-state index < -0.39 is 0 Å². The number of hydrogen-bond donors (Lipinski definition) is 1. The van der Waals surface area contributed by atoms with Crippen molar-refractivity contribution in [1.82, 2.24) is 10.2 Å². The molecule has 102 valence electrons. The summed E-state index contributed by atoms with van der Waals surface area (Å²) in [5.74, 6) is 2.32. The minimum absolute atomic E-state index is 0. The minimum Gasteiger partial charge on any atom is -0.356 e. The molecule has 1 rings (SSSR count). The van der Waals surface area contributed by atoms with Gasteiger partial charge in [-0.15, -0.1) is 24.0 Å². The maximum atomic E-state index is 4.37. The van der Waals surface area contributed by atoms with Gasteiger partial charge in [-0.25, -0.2) is 0 Å². The van der Waals surface area contributed by atoms with Gasteiger partial charge in [0.25, 0.3) is 0 Å². The molecule has 0 spiro atoms. The lowest BCUT2D eigenvalue weighted by atomic mass is 10.3. The molecule has 0 radical (unpaired) electrons. The topological polar surface area (TPSA) is 27.6 Å². The highest BCUT2D eigenvalue weighted by atomic mass is 127. The Kier molecular flexibility index (Phi) is 10.5. The summed E-state index contributed by atoms with van der Waals surface area (Å²) in [6.45, 7) is 7.81. The molecule has 1 heterocycles. The molecule has 0 bridgehead atoms. The molecule has 1 unspecified atom stereocenters. The molecule has 0 saturated carbocycles. The SMILES string of the molecule is CCCCNC(=NC)N1CCSC(CC)C1.I. The molecule has 0 aromatic rings. The zero-order chi connectivity index (χ0) is 11.8. The Morgan fingerprint density at radius 2 is 2.24 bits per heavy atom. The summed E-state index contributed by atoms with van der Waals surface area (Å²) in [6.07, 6.45) is 3.71. The number of aliphatic imine (C=N–C) groups is 1. The number of nitrogens with zero attached hydrogens (tertiary/aromatic N) is 2. The molecule has 1 N–H and O–H groups in total. The predicted molar refractivity (Wildman–Crippen MR) is 89.8 cm³/mol. The Hall–Kier alpha value is 0.350. The van der Waals surface area contributed by atoms with Crippen LogP contribution in [0.5, 0.6) is 0 Å². The van der Waals surface area contributed by atoms with E-state index in [0.717, 1.165) is 30.8 Å². The van der Waals surface area contributed by atoms with E-state index in [1.165, 1.54) is 25.0 Å². The van der Waals surface area contributed by atoms with Crippen molar-refractivity contribution in [1.29, 1.82) is 0 Å². The van der Waals surface area contributed by atoms with Gasteiger partial charge in [-0.3, -0.25) is 4.99 Å². The van der Waals surface area contributed by atoms with Crippen LogP contribution in [0.25, 0.3) is 0 Å². The third kappa shape index (κ3) is 6.18. The van der Waals surface area contributed by atoms with Gasteiger partial charge in [0, 0.05) is 37.7 Å². The fourth-order valence-electron chi connectivity index (χ4n) is 1.87. The molecule has 3 nitrogen and oxygen atoms in total. The van der Waals surface area contributed by atoms with Crippen molar-refractivity contribution in [2.75, 3.05) is 32.4 Å². The highest BCUT2D eigenvalue weighted by Crippen LogP contribution is 2.20. The Labute approximate surface area is 127 Å². The molecule has 0 aliphatic carbocycles. The van der Waals surface area contributed by atoms with E-state index in [1.54, 1.807) is 0 Å². The number of unbranched alkanes of at least 4 members (excludes halogenated alkanes) is 1. The van der Waals surface area contributed by atoms with Crippen molar-refractivity contribution < 1.29 is 0 Å². The molecular formula is C12H26IN3S. The Balaban J connectivity index is 0.00000256. The fourth-order valence-corrected chi connectivity index (χ4v) is 3.05. The van der Waals surface area contributed by atoms with Crippen LogP contribution in [0.15, 0.2) is 4.99 Å². The third-order valence-corrected chi connectivity index (χ3v) is 4.29. The summed E-state index contributed by atoms with van der Waals surface area (Å²) in [5.41, 5.74) is 0. The maximum absolute atomic E-state index is 4.37. The molecular weight excluding hydrogens is 345 g/mol. The maximum Gasteiger partial charge on any atom is 0.193 e. The first-order chi connectivity index (χ1) is 7.81. The van der Waals surface area contributed by atoms with E-state index in [-0.39, 0.29) is 24.0 Å². The van der Waals surface area contributed by atoms with Crippen LogP contribution in [0.2, 0.25) is 0 Å². The van der Waals surface area contributed by atoms with Crippen molar-refractivity contribution in [2.45, 2.75) is 38.4 Å². The molecule has 5 heteroatoms. The van der Waals surface area contributed by atoms with Gasteiger partial charge < -0.3 is 10.2 Å².